The van der Waals surface area contributed by atoms with Crippen LogP contribution in [0.3, 0.4) is 0 Å². The van der Waals surface area contributed by atoms with Gasteiger partial charge in [-0.05, 0) is 30.3 Å². The van der Waals surface area contributed by atoms with E-state index >= 15 is 0 Å². The number of nitrogens with one attached hydrogen (secondary N) is 2. The summed E-state index contributed by atoms with van der Waals surface area (Å²) in [5, 5.41) is 5.45. The number of amides is 2. The summed E-state index contributed by atoms with van der Waals surface area (Å²) in [4.78, 5) is 27.6. The molecule has 0 saturated carbocycles. The third-order valence-electron chi connectivity index (χ3n) is 3.58. The normalized spacial score (nSPS) is 10.6. The Morgan fingerprint density at radius 1 is 1.20 bits per heavy atom. The minimum absolute atomic E-state index is 0.194. The van der Waals surface area contributed by atoms with Crippen LogP contribution in [0, 0.1) is 5.82 Å². The number of halogens is 1. The summed E-state index contributed by atoms with van der Waals surface area (Å²) in [6.07, 6.45) is 3.63. The van der Waals surface area contributed by atoms with Crippen molar-refractivity contribution in [3.8, 4) is 0 Å². The van der Waals surface area contributed by atoms with Gasteiger partial charge in [-0.3, -0.25) is 9.59 Å². The highest BCUT2D eigenvalue weighted by Crippen LogP contribution is 2.11. The Labute approximate surface area is 143 Å². The summed E-state index contributed by atoms with van der Waals surface area (Å²) in [6.45, 7) is 1.81. The molecule has 6 nitrogen and oxygen atoms in total. The van der Waals surface area contributed by atoms with Crippen LogP contribution < -0.4 is 10.6 Å². The van der Waals surface area contributed by atoms with Crippen molar-refractivity contribution in [1.29, 1.82) is 0 Å². The van der Waals surface area contributed by atoms with E-state index in [1.807, 2.05) is 0 Å². The van der Waals surface area contributed by atoms with Crippen molar-refractivity contribution in [3.63, 3.8) is 0 Å². The maximum atomic E-state index is 13.2. The van der Waals surface area contributed by atoms with Crippen LogP contribution in [0.1, 0.15) is 23.0 Å². The largest absolute Gasteiger partial charge is 0.352 e. The van der Waals surface area contributed by atoms with E-state index in [4.69, 9.17) is 0 Å². The van der Waals surface area contributed by atoms with Gasteiger partial charge in [0.1, 0.15) is 11.5 Å². The first-order valence-corrected chi connectivity index (χ1v) is 7.80. The number of imidazole rings is 1. The Balaban J connectivity index is 1.59. The first kappa shape index (κ1) is 16.6. The lowest BCUT2D eigenvalue weighted by molar-refractivity contribution is -0.114. The minimum Gasteiger partial charge on any atom is -0.352 e. The first-order valence-electron chi connectivity index (χ1n) is 7.80. The Kier molecular flexibility index (Phi) is 4.74. The van der Waals surface area contributed by atoms with E-state index in [1.54, 1.807) is 40.9 Å². The van der Waals surface area contributed by atoms with E-state index in [0.29, 0.717) is 29.9 Å². The molecule has 3 aromatic rings. The number of pyridine rings is 1. The fourth-order valence-corrected chi connectivity index (χ4v) is 2.49. The number of aromatic nitrogens is 2. The third kappa shape index (κ3) is 4.20. The number of carbonyl (C=O) groups excluding carboxylic acids is 2. The second kappa shape index (κ2) is 7.12. The Morgan fingerprint density at radius 2 is 2.04 bits per heavy atom. The van der Waals surface area contributed by atoms with Crippen molar-refractivity contribution in [2.24, 2.45) is 0 Å². The number of carbonyl (C=O) groups is 2. The van der Waals surface area contributed by atoms with Crippen LogP contribution in [0.5, 0.6) is 0 Å². The number of hydrogen-bond donors (Lipinski definition) is 2. The molecular weight excluding hydrogens is 323 g/mol. The number of fused-ring (bicyclic) bond motifs is 1. The maximum Gasteiger partial charge on any atom is 0.251 e. The summed E-state index contributed by atoms with van der Waals surface area (Å²) in [7, 11) is 0. The summed E-state index contributed by atoms with van der Waals surface area (Å²) in [5.74, 6) is -0.758. The standard InChI is InChI=1S/C18H17FN4O2/c1-12(24)21-15-4-2-3-13(9-15)18(25)20-8-7-16-11-23-10-14(19)5-6-17(23)22-16/h2-6,9-11H,7-8H2,1H3,(H,20,25)(H,21,24). The van der Waals surface area contributed by atoms with Crippen LogP contribution in [-0.2, 0) is 11.2 Å². The molecule has 25 heavy (non-hydrogen) atoms. The van der Waals surface area contributed by atoms with Gasteiger partial charge < -0.3 is 15.0 Å². The van der Waals surface area contributed by atoms with Gasteiger partial charge in [0, 0.05) is 43.5 Å². The number of benzene rings is 1. The first-order chi connectivity index (χ1) is 12.0. The van der Waals surface area contributed by atoms with Crippen molar-refractivity contribution in [1.82, 2.24) is 14.7 Å². The molecule has 0 aliphatic rings. The van der Waals surface area contributed by atoms with Crippen LogP contribution in [0.25, 0.3) is 5.65 Å². The average molecular weight is 340 g/mol. The van der Waals surface area contributed by atoms with E-state index in [9.17, 15) is 14.0 Å². The van der Waals surface area contributed by atoms with Crippen molar-refractivity contribution >= 4 is 23.1 Å². The molecule has 2 amide bonds. The second-order valence-electron chi connectivity index (χ2n) is 5.61. The van der Waals surface area contributed by atoms with E-state index in [-0.39, 0.29) is 17.6 Å². The lowest BCUT2D eigenvalue weighted by atomic mass is 10.2. The SMILES string of the molecule is CC(=O)Nc1cccc(C(=O)NCCc2cn3cc(F)ccc3n2)c1. The molecule has 7 heteroatoms. The van der Waals surface area contributed by atoms with Crippen LogP contribution in [0.2, 0.25) is 0 Å². The zero-order valence-corrected chi connectivity index (χ0v) is 13.6. The second-order valence-corrected chi connectivity index (χ2v) is 5.61. The molecule has 2 N–H and O–H groups in total. The quantitative estimate of drug-likeness (QED) is 0.749. The molecule has 0 bridgehead atoms. The van der Waals surface area contributed by atoms with E-state index in [0.717, 1.165) is 5.69 Å². The van der Waals surface area contributed by atoms with Gasteiger partial charge in [-0.2, -0.15) is 0 Å². The van der Waals surface area contributed by atoms with Gasteiger partial charge in [-0.15, -0.1) is 0 Å². The van der Waals surface area contributed by atoms with Crippen LogP contribution in [-0.4, -0.2) is 27.7 Å². The lowest BCUT2D eigenvalue weighted by Crippen LogP contribution is -2.25. The molecule has 2 heterocycles. The molecule has 0 atom stereocenters. The van der Waals surface area contributed by atoms with E-state index in [2.05, 4.69) is 15.6 Å². The molecule has 3 rings (SSSR count). The summed E-state index contributed by atoms with van der Waals surface area (Å²) >= 11 is 0. The molecule has 0 aliphatic carbocycles. The third-order valence-corrected chi connectivity index (χ3v) is 3.58. The maximum absolute atomic E-state index is 13.2. The highest BCUT2D eigenvalue weighted by atomic mass is 19.1. The van der Waals surface area contributed by atoms with Gasteiger partial charge in [0.15, 0.2) is 0 Å². The van der Waals surface area contributed by atoms with Gasteiger partial charge in [0.25, 0.3) is 5.91 Å². The lowest BCUT2D eigenvalue weighted by Gasteiger charge is -2.06. The summed E-state index contributed by atoms with van der Waals surface area (Å²) in [5.41, 5.74) is 2.45. The molecule has 2 aromatic heterocycles. The zero-order valence-electron chi connectivity index (χ0n) is 13.6. The average Bonchev–Trinajstić information content (AvgIpc) is 2.96. The topological polar surface area (TPSA) is 75.5 Å². The molecule has 128 valence electrons. The molecule has 0 spiro atoms. The number of hydrogen-bond acceptors (Lipinski definition) is 3. The predicted molar refractivity (Wildman–Crippen MR) is 91.9 cm³/mol. The highest BCUT2D eigenvalue weighted by Gasteiger charge is 2.08. The molecular formula is C18H17FN4O2. The van der Waals surface area contributed by atoms with Gasteiger partial charge in [0.2, 0.25) is 5.91 Å². The van der Waals surface area contributed by atoms with Gasteiger partial charge >= 0.3 is 0 Å². The minimum atomic E-state index is -0.330. The molecule has 1 aromatic carbocycles. The van der Waals surface area contributed by atoms with Crippen LogP contribution >= 0.6 is 0 Å². The fraction of sp³-hybridized carbons (Fsp3) is 0.167. The predicted octanol–water partition coefficient (Wildman–Crippen LogP) is 2.40. The summed E-state index contributed by atoms with van der Waals surface area (Å²) in [6, 6.07) is 9.67. The van der Waals surface area contributed by atoms with Crippen molar-refractivity contribution in [2.45, 2.75) is 13.3 Å². The van der Waals surface area contributed by atoms with Crippen molar-refractivity contribution < 1.29 is 14.0 Å². The Bertz CT molecular complexity index is 936. The fourth-order valence-electron chi connectivity index (χ4n) is 2.49. The monoisotopic (exact) mass is 340 g/mol. The molecule has 0 unspecified atom stereocenters. The Morgan fingerprint density at radius 3 is 2.84 bits per heavy atom. The van der Waals surface area contributed by atoms with Crippen molar-refractivity contribution in [2.75, 3.05) is 11.9 Å². The highest BCUT2D eigenvalue weighted by molar-refractivity contribution is 5.96. The summed E-state index contributed by atoms with van der Waals surface area (Å²) < 4.78 is 14.8. The van der Waals surface area contributed by atoms with Gasteiger partial charge in [-0.25, -0.2) is 9.37 Å². The van der Waals surface area contributed by atoms with Gasteiger partial charge in [-0.1, -0.05) is 6.07 Å². The van der Waals surface area contributed by atoms with Crippen molar-refractivity contribution in [3.05, 3.63) is 65.9 Å². The van der Waals surface area contributed by atoms with Crippen LogP contribution in [0.15, 0.2) is 48.8 Å². The zero-order chi connectivity index (χ0) is 17.8. The Hall–Kier alpha value is -3.22. The van der Waals surface area contributed by atoms with E-state index in [1.165, 1.54) is 19.2 Å². The number of nitrogens with zero attached hydrogens (tertiary/aromatic N) is 2. The van der Waals surface area contributed by atoms with Crippen LogP contribution in [0.4, 0.5) is 10.1 Å². The molecule has 0 fully saturated rings. The number of rotatable bonds is 5. The number of anilines is 1. The molecule has 0 saturated heterocycles. The van der Waals surface area contributed by atoms with E-state index < -0.39 is 0 Å². The smallest absolute Gasteiger partial charge is 0.251 e. The molecule has 0 radical (unpaired) electrons. The van der Waals surface area contributed by atoms with Gasteiger partial charge in [0.05, 0.1) is 5.69 Å². The molecule has 0 aliphatic heterocycles.